The quantitative estimate of drug-likeness (QED) is 0.445. The number of pyridine rings is 1. The van der Waals surface area contributed by atoms with Crippen molar-refractivity contribution in [1.29, 1.82) is 5.26 Å². The third-order valence-corrected chi connectivity index (χ3v) is 6.80. The second-order valence-electron chi connectivity index (χ2n) is 7.83. The molecule has 0 radical (unpaired) electrons. The molecule has 34 heavy (non-hydrogen) atoms. The SMILES string of the molecule is COc1ccc(OC)c(S(=O)(=O)Nc2c(C#N)cnn2-c2cc(C)c3cc(C)cc(C)c3n2)c1. The van der Waals surface area contributed by atoms with Crippen molar-refractivity contribution in [2.24, 2.45) is 0 Å². The number of methoxy groups -OCH3 is 2. The van der Waals surface area contributed by atoms with E-state index < -0.39 is 10.0 Å². The second kappa shape index (κ2) is 8.68. The van der Waals surface area contributed by atoms with Gasteiger partial charge in [0.05, 0.1) is 25.9 Å². The Bertz CT molecular complexity index is 1570. The number of hydrogen-bond acceptors (Lipinski definition) is 7. The highest BCUT2D eigenvalue weighted by atomic mass is 32.2. The average molecular weight is 478 g/mol. The number of hydrogen-bond donors (Lipinski definition) is 1. The third kappa shape index (κ3) is 4.02. The van der Waals surface area contributed by atoms with Gasteiger partial charge in [0.2, 0.25) is 0 Å². The lowest BCUT2D eigenvalue weighted by Gasteiger charge is -2.15. The van der Waals surface area contributed by atoms with Crippen LogP contribution in [0.5, 0.6) is 11.5 Å². The molecule has 0 atom stereocenters. The van der Waals surface area contributed by atoms with Crippen LogP contribution < -0.4 is 14.2 Å². The highest BCUT2D eigenvalue weighted by Gasteiger charge is 2.25. The van der Waals surface area contributed by atoms with E-state index >= 15 is 0 Å². The third-order valence-electron chi connectivity index (χ3n) is 5.44. The molecule has 174 valence electrons. The van der Waals surface area contributed by atoms with Crippen molar-refractivity contribution < 1.29 is 17.9 Å². The monoisotopic (exact) mass is 477 g/mol. The molecule has 0 bridgehead atoms. The molecule has 0 aliphatic heterocycles. The molecule has 2 heterocycles. The number of rotatable bonds is 6. The smallest absolute Gasteiger partial charge is 0.266 e. The van der Waals surface area contributed by atoms with E-state index in [9.17, 15) is 13.7 Å². The van der Waals surface area contributed by atoms with Crippen LogP contribution in [0.2, 0.25) is 0 Å². The number of nitriles is 1. The molecule has 2 aromatic carbocycles. The number of sulfonamides is 1. The van der Waals surface area contributed by atoms with Crippen LogP contribution in [0.4, 0.5) is 5.82 Å². The van der Waals surface area contributed by atoms with Crippen molar-refractivity contribution in [3.63, 3.8) is 0 Å². The van der Waals surface area contributed by atoms with Gasteiger partial charge in [-0.25, -0.2) is 13.4 Å². The van der Waals surface area contributed by atoms with Crippen LogP contribution in [-0.2, 0) is 10.0 Å². The Morgan fingerprint density at radius 2 is 1.79 bits per heavy atom. The molecule has 10 heteroatoms. The van der Waals surface area contributed by atoms with Gasteiger partial charge in [0.15, 0.2) is 11.6 Å². The first-order chi connectivity index (χ1) is 16.2. The van der Waals surface area contributed by atoms with Gasteiger partial charge >= 0.3 is 0 Å². The van der Waals surface area contributed by atoms with E-state index in [1.807, 2.05) is 32.9 Å². The lowest BCUT2D eigenvalue weighted by Crippen LogP contribution is -2.18. The summed E-state index contributed by atoms with van der Waals surface area (Å²) < 4.78 is 40.9. The highest BCUT2D eigenvalue weighted by molar-refractivity contribution is 7.92. The summed E-state index contributed by atoms with van der Waals surface area (Å²) in [6, 6.07) is 12.3. The Labute approximate surface area is 197 Å². The van der Waals surface area contributed by atoms with Gasteiger partial charge < -0.3 is 9.47 Å². The zero-order chi connectivity index (χ0) is 24.6. The minimum Gasteiger partial charge on any atom is -0.497 e. The zero-order valence-corrected chi connectivity index (χ0v) is 20.2. The molecule has 4 rings (SSSR count). The van der Waals surface area contributed by atoms with Gasteiger partial charge in [-0.15, -0.1) is 0 Å². The molecule has 0 spiro atoms. The molecule has 1 N–H and O–H groups in total. The minimum absolute atomic E-state index is 0.0246. The number of benzene rings is 2. The molecule has 0 fully saturated rings. The lowest BCUT2D eigenvalue weighted by molar-refractivity contribution is 0.392. The number of aromatic nitrogens is 3. The molecule has 4 aromatic rings. The summed E-state index contributed by atoms with van der Waals surface area (Å²) in [5.74, 6) is 0.827. The van der Waals surface area contributed by atoms with Crippen molar-refractivity contribution in [2.75, 3.05) is 18.9 Å². The zero-order valence-electron chi connectivity index (χ0n) is 19.4. The first-order valence-electron chi connectivity index (χ1n) is 10.3. The summed E-state index contributed by atoms with van der Waals surface area (Å²) >= 11 is 0. The lowest BCUT2D eigenvalue weighted by atomic mass is 10.0. The largest absolute Gasteiger partial charge is 0.497 e. The Hall–Kier alpha value is -4.10. The first-order valence-corrected chi connectivity index (χ1v) is 11.8. The summed E-state index contributed by atoms with van der Waals surface area (Å²) in [7, 11) is -1.37. The van der Waals surface area contributed by atoms with Crippen LogP contribution in [0, 0.1) is 32.1 Å². The van der Waals surface area contributed by atoms with Crippen molar-refractivity contribution in [3.8, 4) is 23.4 Å². The number of fused-ring (bicyclic) bond motifs is 1. The van der Waals surface area contributed by atoms with E-state index in [0.717, 1.165) is 27.6 Å². The normalized spacial score (nSPS) is 11.3. The minimum atomic E-state index is -4.18. The first kappa shape index (κ1) is 23.1. The molecular weight excluding hydrogens is 454 g/mol. The summed E-state index contributed by atoms with van der Waals surface area (Å²) in [5.41, 5.74) is 3.87. The van der Waals surface area contributed by atoms with Gasteiger partial charge in [-0.2, -0.15) is 15.0 Å². The Kier molecular flexibility index (Phi) is 5.89. The van der Waals surface area contributed by atoms with Crippen molar-refractivity contribution in [2.45, 2.75) is 25.7 Å². The van der Waals surface area contributed by atoms with E-state index in [2.05, 4.69) is 15.9 Å². The molecule has 0 aliphatic carbocycles. The summed E-state index contributed by atoms with van der Waals surface area (Å²) in [5, 5.41) is 14.9. The van der Waals surface area contributed by atoms with E-state index in [4.69, 9.17) is 14.5 Å². The van der Waals surface area contributed by atoms with Crippen LogP contribution in [0.3, 0.4) is 0 Å². The van der Waals surface area contributed by atoms with Gasteiger partial charge in [-0.1, -0.05) is 11.6 Å². The number of anilines is 1. The maximum atomic E-state index is 13.4. The fraction of sp³-hybridized carbons (Fsp3) is 0.208. The van der Waals surface area contributed by atoms with Crippen LogP contribution in [0.25, 0.3) is 16.7 Å². The fourth-order valence-corrected chi connectivity index (χ4v) is 5.06. The molecule has 0 amide bonds. The Balaban J connectivity index is 1.87. The van der Waals surface area contributed by atoms with E-state index in [-0.39, 0.29) is 22.0 Å². The average Bonchev–Trinajstić information content (AvgIpc) is 3.20. The summed E-state index contributed by atoms with van der Waals surface area (Å²) in [6.45, 7) is 5.94. The fourth-order valence-electron chi connectivity index (χ4n) is 3.81. The van der Waals surface area contributed by atoms with Gasteiger partial charge in [0.25, 0.3) is 10.0 Å². The number of nitrogens with one attached hydrogen (secondary N) is 1. The molecule has 0 saturated heterocycles. The highest BCUT2D eigenvalue weighted by Crippen LogP contribution is 2.32. The van der Waals surface area contributed by atoms with Crippen LogP contribution in [-0.4, -0.2) is 37.4 Å². The van der Waals surface area contributed by atoms with E-state index in [1.54, 1.807) is 12.1 Å². The van der Waals surface area contributed by atoms with E-state index in [0.29, 0.717) is 11.6 Å². The van der Waals surface area contributed by atoms with Crippen LogP contribution >= 0.6 is 0 Å². The van der Waals surface area contributed by atoms with Gasteiger partial charge in [-0.3, -0.25) is 4.72 Å². The Morgan fingerprint density at radius 1 is 1.03 bits per heavy atom. The molecule has 0 saturated carbocycles. The molecule has 0 aliphatic rings. The van der Waals surface area contributed by atoms with Gasteiger partial charge in [-0.05, 0) is 56.2 Å². The number of ether oxygens (including phenoxy) is 2. The summed E-state index contributed by atoms with van der Waals surface area (Å²) in [6.07, 6.45) is 1.30. The molecule has 9 nitrogen and oxygen atoms in total. The standard InChI is InChI=1S/C24H23N5O4S/c1-14-8-16(3)23-19(9-14)15(2)10-22(27-23)29-24(17(12-25)13-26-29)28-34(30,31)21-11-18(32-4)6-7-20(21)33-5/h6-11,13,28H,1-5H3. The maximum absolute atomic E-state index is 13.4. The summed E-state index contributed by atoms with van der Waals surface area (Å²) in [4.78, 5) is 4.59. The van der Waals surface area contributed by atoms with Crippen molar-refractivity contribution in [1.82, 2.24) is 14.8 Å². The number of nitrogens with zero attached hydrogens (tertiary/aromatic N) is 4. The van der Waals surface area contributed by atoms with Crippen LogP contribution in [0.1, 0.15) is 22.3 Å². The van der Waals surface area contributed by atoms with Crippen molar-refractivity contribution in [3.05, 3.63) is 64.8 Å². The molecular formula is C24H23N5O4S. The Morgan fingerprint density at radius 3 is 2.47 bits per heavy atom. The number of aryl methyl sites for hydroxylation is 3. The predicted octanol–water partition coefficient (Wildman–Crippen LogP) is 4.04. The topological polar surface area (TPSA) is 119 Å². The van der Waals surface area contributed by atoms with Crippen LogP contribution in [0.15, 0.2) is 47.5 Å². The van der Waals surface area contributed by atoms with Gasteiger partial charge in [0, 0.05) is 11.5 Å². The van der Waals surface area contributed by atoms with E-state index in [1.165, 1.54) is 37.2 Å². The maximum Gasteiger partial charge on any atom is 0.266 e. The predicted molar refractivity (Wildman–Crippen MR) is 128 cm³/mol. The molecule has 0 unspecified atom stereocenters. The molecule has 2 aromatic heterocycles. The second-order valence-corrected chi connectivity index (χ2v) is 9.48. The van der Waals surface area contributed by atoms with Gasteiger partial charge in [0.1, 0.15) is 28.0 Å². The van der Waals surface area contributed by atoms with Crippen molar-refractivity contribution >= 4 is 26.7 Å².